The molecule has 0 aromatic heterocycles. The van der Waals surface area contributed by atoms with Crippen LogP contribution in [-0.4, -0.2) is 26.6 Å². The fourth-order valence-corrected chi connectivity index (χ4v) is 2.58. The number of aryl methyl sites for hydroxylation is 1. The van der Waals surface area contributed by atoms with E-state index in [-0.39, 0.29) is 0 Å². The van der Waals surface area contributed by atoms with Crippen molar-refractivity contribution < 1.29 is 4.74 Å². The van der Waals surface area contributed by atoms with E-state index in [1.165, 1.54) is 29.7 Å². The summed E-state index contributed by atoms with van der Waals surface area (Å²) in [4.78, 5) is 6.62. The average molecular weight is 272 g/mol. The standard InChI is InChI=1S/C17H24N2O/c1-4-17(20-3)18-11-5-7-14-9-10-16-15(13-14)8-6-12-19(16)2/h5,9-11,13H,4,6-8,12H2,1-3H3/b11-5-,18-17?. The minimum atomic E-state index is 0.772. The van der Waals surface area contributed by atoms with Crippen LogP contribution < -0.4 is 4.90 Å². The van der Waals surface area contributed by atoms with E-state index in [1.54, 1.807) is 7.11 Å². The number of benzene rings is 1. The van der Waals surface area contributed by atoms with Crippen LogP contribution in [0, 0.1) is 0 Å². The molecule has 3 nitrogen and oxygen atoms in total. The van der Waals surface area contributed by atoms with Gasteiger partial charge in [0.15, 0.2) is 5.90 Å². The van der Waals surface area contributed by atoms with Gasteiger partial charge in [0.05, 0.1) is 7.11 Å². The van der Waals surface area contributed by atoms with Gasteiger partial charge in [-0.2, -0.15) is 0 Å². The highest BCUT2D eigenvalue weighted by Gasteiger charge is 2.13. The van der Waals surface area contributed by atoms with Crippen LogP contribution in [0.25, 0.3) is 0 Å². The van der Waals surface area contributed by atoms with Crippen molar-refractivity contribution in [1.29, 1.82) is 0 Å². The Balaban J connectivity index is 2.01. The van der Waals surface area contributed by atoms with E-state index >= 15 is 0 Å². The topological polar surface area (TPSA) is 24.8 Å². The van der Waals surface area contributed by atoms with Gasteiger partial charge in [-0.15, -0.1) is 0 Å². The molecule has 3 heteroatoms. The summed E-state index contributed by atoms with van der Waals surface area (Å²) in [6, 6.07) is 6.79. The fraction of sp³-hybridized carbons (Fsp3) is 0.471. The van der Waals surface area contributed by atoms with Crippen molar-refractivity contribution in [3.8, 4) is 0 Å². The summed E-state index contributed by atoms with van der Waals surface area (Å²) in [7, 11) is 3.83. The minimum absolute atomic E-state index is 0.772. The smallest absolute Gasteiger partial charge is 0.187 e. The molecule has 1 aliphatic heterocycles. The van der Waals surface area contributed by atoms with Crippen molar-refractivity contribution >= 4 is 11.6 Å². The van der Waals surface area contributed by atoms with Crippen molar-refractivity contribution in [3.63, 3.8) is 0 Å². The number of nitrogens with zero attached hydrogens (tertiary/aromatic N) is 2. The summed E-state index contributed by atoms with van der Waals surface area (Å²) in [5.41, 5.74) is 4.20. The van der Waals surface area contributed by atoms with E-state index < -0.39 is 0 Å². The molecule has 1 aliphatic rings. The number of aliphatic imine (C=N–C) groups is 1. The van der Waals surface area contributed by atoms with E-state index in [1.807, 2.05) is 13.1 Å². The molecular weight excluding hydrogens is 248 g/mol. The molecule has 20 heavy (non-hydrogen) atoms. The zero-order valence-electron chi connectivity index (χ0n) is 12.7. The second kappa shape index (κ2) is 7.13. The first-order valence-electron chi connectivity index (χ1n) is 7.33. The van der Waals surface area contributed by atoms with Crippen LogP contribution in [0.5, 0.6) is 0 Å². The highest BCUT2D eigenvalue weighted by molar-refractivity contribution is 5.76. The lowest BCUT2D eigenvalue weighted by Gasteiger charge is -2.27. The number of allylic oxidation sites excluding steroid dienone is 1. The Labute approximate surface area is 122 Å². The number of hydrogen-bond acceptors (Lipinski definition) is 3. The van der Waals surface area contributed by atoms with Gasteiger partial charge in [0.25, 0.3) is 0 Å². The molecular formula is C17H24N2O. The predicted molar refractivity (Wildman–Crippen MR) is 85.6 cm³/mol. The first-order chi connectivity index (χ1) is 9.74. The summed E-state index contributed by atoms with van der Waals surface area (Å²) >= 11 is 0. The second-order valence-corrected chi connectivity index (χ2v) is 5.16. The molecule has 0 atom stereocenters. The largest absolute Gasteiger partial charge is 0.484 e. The summed E-state index contributed by atoms with van der Waals surface area (Å²) in [5.74, 6) is 0.772. The molecule has 1 heterocycles. The van der Waals surface area contributed by atoms with Crippen LogP contribution in [-0.2, 0) is 17.6 Å². The lowest BCUT2D eigenvalue weighted by Crippen LogP contribution is -2.24. The quantitative estimate of drug-likeness (QED) is 0.618. The Kier molecular flexibility index (Phi) is 5.22. The molecule has 0 aliphatic carbocycles. The van der Waals surface area contributed by atoms with Gasteiger partial charge >= 0.3 is 0 Å². The molecule has 0 saturated heterocycles. The third kappa shape index (κ3) is 3.62. The normalized spacial score (nSPS) is 15.6. The highest BCUT2D eigenvalue weighted by Crippen LogP contribution is 2.26. The second-order valence-electron chi connectivity index (χ2n) is 5.16. The van der Waals surface area contributed by atoms with Crippen molar-refractivity contribution in [2.75, 3.05) is 25.6 Å². The van der Waals surface area contributed by atoms with Crippen molar-refractivity contribution in [2.24, 2.45) is 4.99 Å². The van der Waals surface area contributed by atoms with Gasteiger partial charge in [-0.3, -0.25) is 0 Å². The molecule has 0 N–H and O–H groups in total. The van der Waals surface area contributed by atoms with Crippen LogP contribution in [0.1, 0.15) is 30.9 Å². The van der Waals surface area contributed by atoms with Crippen LogP contribution in [0.4, 0.5) is 5.69 Å². The summed E-state index contributed by atoms with van der Waals surface area (Å²) in [6.07, 6.45) is 8.11. The molecule has 0 fully saturated rings. The minimum Gasteiger partial charge on any atom is -0.484 e. The molecule has 0 bridgehead atoms. The first kappa shape index (κ1) is 14.6. The van der Waals surface area contributed by atoms with Gasteiger partial charge in [-0.05, 0) is 36.5 Å². The maximum absolute atomic E-state index is 5.13. The number of rotatable bonds is 4. The lowest BCUT2D eigenvalue weighted by molar-refractivity contribution is 0.392. The van der Waals surface area contributed by atoms with Gasteiger partial charge in [0, 0.05) is 31.9 Å². The van der Waals surface area contributed by atoms with Crippen molar-refractivity contribution in [3.05, 3.63) is 41.6 Å². The summed E-state index contributed by atoms with van der Waals surface area (Å²) < 4.78 is 5.13. The summed E-state index contributed by atoms with van der Waals surface area (Å²) in [6.45, 7) is 3.20. The molecule has 1 aromatic rings. The average Bonchev–Trinajstić information content (AvgIpc) is 2.47. The van der Waals surface area contributed by atoms with Crippen LogP contribution in [0.15, 0.2) is 35.5 Å². The van der Waals surface area contributed by atoms with Crippen LogP contribution in [0.2, 0.25) is 0 Å². The predicted octanol–water partition coefficient (Wildman–Crippen LogP) is 3.58. The van der Waals surface area contributed by atoms with E-state index in [0.717, 1.165) is 25.3 Å². The summed E-state index contributed by atoms with van der Waals surface area (Å²) in [5, 5.41) is 0. The number of fused-ring (bicyclic) bond motifs is 1. The molecule has 108 valence electrons. The Morgan fingerprint density at radius 2 is 2.30 bits per heavy atom. The Morgan fingerprint density at radius 1 is 1.45 bits per heavy atom. The van der Waals surface area contributed by atoms with Gasteiger partial charge in [0.1, 0.15) is 0 Å². The Morgan fingerprint density at radius 3 is 3.05 bits per heavy atom. The molecule has 0 saturated carbocycles. The molecule has 0 unspecified atom stereocenters. The third-order valence-electron chi connectivity index (χ3n) is 3.71. The zero-order chi connectivity index (χ0) is 14.4. The molecule has 0 amide bonds. The first-order valence-corrected chi connectivity index (χ1v) is 7.33. The van der Waals surface area contributed by atoms with Gasteiger partial charge in [-0.1, -0.05) is 25.1 Å². The number of methoxy groups -OCH3 is 1. The SMILES string of the molecule is CCC(=N/C=C\Cc1ccc2c(c1)CCCN2C)OC. The van der Waals surface area contributed by atoms with Gasteiger partial charge < -0.3 is 9.64 Å². The van der Waals surface area contributed by atoms with Crippen LogP contribution in [0.3, 0.4) is 0 Å². The monoisotopic (exact) mass is 272 g/mol. The number of hydrogen-bond donors (Lipinski definition) is 0. The van der Waals surface area contributed by atoms with Crippen molar-refractivity contribution in [1.82, 2.24) is 0 Å². The maximum Gasteiger partial charge on any atom is 0.187 e. The maximum atomic E-state index is 5.13. The lowest BCUT2D eigenvalue weighted by atomic mass is 9.98. The molecule has 2 rings (SSSR count). The Hall–Kier alpha value is -1.77. The molecule has 0 radical (unpaired) electrons. The molecule has 0 spiro atoms. The van der Waals surface area contributed by atoms with E-state index in [4.69, 9.17) is 4.74 Å². The van der Waals surface area contributed by atoms with E-state index in [2.05, 4.69) is 41.2 Å². The third-order valence-corrected chi connectivity index (χ3v) is 3.71. The number of anilines is 1. The fourth-order valence-electron chi connectivity index (χ4n) is 2.58. The highest BCUT2D eigenvalue weighted by atomic mass is 16.5. The molecule has 1 aromatic carbocycles. The van der Waals surface area contributed by atoms with Gasteiger partial charge in [0.2, 0.25) is 0 Å². The van der Waals surface area contributed by atoms with Gasteiger partial charge in [-0.25, -0.2) is 4.99 Å². The Bertz CT molecular complexity index is 500. The van der Waals surface area contributed by atoms with E-state index in [9.17, 15) is 0 Å². The van der Waals surface area contributed by atoms with Crippen LogP contribution >= 0.6 is 0 Å². The van der Waals surface area contributed by atoms with Crippen molar-refractivity contribution in [2.45, 2.75) is 32.6 Å². The van der Waals surface area contributed by atoms with E-state index in [0.29, 0.717) is 0 Å². The zero-order valence-corrected chi connectivity index (χ0v) is 12.7. The number of ether oxygens (including phenoxy) is 1.